The van der Waals surface area contributed by atoms with Crippen molar-refractivity contribution in [3.05, 3.63) is 42.0 Å². The van der Waals surface area contributed by atoms with Gasteiger partial charge >= 0.3 is 6.09 Å². The van der Waals surface area contributed by atoms with Gasteiger partial charge < -0.3 is 15.0 Å². The normalized spacial score (nSPS) is 9.85. The highest BCUT2D eigenvalue weighted by Crippen LogP contribution is 2.05. The van der Waals surface area contributed by atoms with Crippen molar-refractivity contribution in [1.29, 1.82) is 0 Å². The van der Waals surface area contributed by atoms with Gasteiger partial charge in [0.05, 0.1) is 19.3 Å². The molecule has 2 rings (SSSR count). The minimum atomic E-state index is -0.558. The van der Waals surface area contributed by atoms with Crippen molar-refractivity contribution >= 4 is 17.9 Å². The summed E-state index contributed by atoms with van der Waals surface area (Å²) in [6, 6.07) is 3.15. The third kappa shape index (κ3) is 3.55. The molecule has 0 aliphatic carbocycles. The number of hydrogen-bond acceptors (Lipinski definition) is 5. The van der Waals surface area contributed by atoms with Gasteiger partial charge in [-0.15, -0.1) is 0 Å². The van der Waals surface area contributed by atoms with E-state index in [4.69, 9.17) is 0 Å². The monoisotopic (exact) mass is 275 g/mol. The van der Waals surface area contributed by atoms with Crippen molar-refractivity contribution in [3.63, 3.8) is 0 Å². The van der Waals surface area contributed by atoms with E-state index >= 15 is 0 Å². The standard InChI is InChI=1S/C12H13N5O3/c1-20-12(19)16-7-9-6-8(2-3-13-9)10(18)17-11-14-4-5-15-11/h2-6H,7H2,1H3,(H,16,19)(H2,14,15,17,18). The third-order valence-electron chi connectivity index (χ3n) is 2.41. The van der Waals surface area contributed by atoms with Gasteiger partial charge in [-0.2, -0.15) is 0 Å². The number of anilines is 1. The summed E-state index contributed by atoms with van der Waals surface area (Å²) in [6.45, 7) is 0.175. The second-order valence-corrected chi connectivity index (χ2v) is 3.77. The Kier molecular flexibility index (Phi) is 4.28. The van der Waals surface area contributed by atoms with Crippen molar-refractivity contribution < 1.29 is 14.3 Å². The van der Waals surface area contributed by atoms with Crippen LogP contribution in [-0.4, -0.2) is 34.1 Å². The number of imidazole rings is 1. The lowest BCUT2D eigenvalue weighted by molar-refractivity contribution is 0.102. The van der Waals surface area contributed by atoms with Gasteiger partial charge in [0.2, 0.25) is 5.95 Å². The fraction of sp³-hybridized carbons (Fsp3) is 0.167. The summed E-state index contributed by atoms with van der Waals surface area (Å²) in [5.41, 5.74) is 0.959. The SMILES string of the molecule is COC(=O)NCc1cc(C(=O)Nc2ncc[nH]2)ccn1. The quantitative estimate of drug-likeness (QED) is 0.768. The van der Waals surface area contributed by atoms with Gasteiger partial charge in [-0.05, 0) is 12.1 Å². The zero-order valence-corrected chi connectivity index (χ0v) is 10.7. The number of rotatable bonds is 4. The largest absolute Gasteiger partial charge is 0.453 e. The number of H-pyrrole nitrogens is 1. The number of nitrogens with zero attached hydrogens (tertiary/aromatic N) is 2. The first-order valence-electron chi connectivity index (χ1n) is 5.76. The van der Waals surface area contributed by atoms with E-state index < -0.39 is 6.09 Å². The zero-order valence-electron chi connectivity index (χ0n) is 10.7. The lowest BCUT2D eigenvalue weighted by Gasteiger charge is -2.05. The van der Waals surface area contributed by atoms with E-state index in [1.54, 1.807) is 18.3 Å². The fourth-order valence-corrected chi connectivity index (χ4v) is 1.46. The maximum Gasteiger partial charge on any atom is 0.407 e. The van der Waals surface area contributed by atoms with Gasteiger partial charge in [-0.3, -0.25) is 15.1 Å². The first-order valence-corrected chi connectivity index (χ1v) is 5.76. The minimum Gasteiger partial charge on any atom is -0.453 e. The second-order valence-electron chi connectivity index (χ2n) is 3.77. The summed E-state index contributed by atoms with van der Waals surface area (Å²) in [4.78, 5) is 33.6. The predicted molar refractivity (Wildman–Crippen MR) is 70.0 cm³/mol. The van der Waals surface area contributed by atoms with Crippen LogP contribution in [0.15, 0.2) is 30.7 Å². The number of amides is 2. The molecule has 0 bridgehead atoms. The van der Waals surface area contributed by atoms with E-state index in [0.717, 1.165) is 0 Å². The van der Waals surface area contributed by atoms with Gasteiger partial charge in [0.15, 0.2) is 0 Å². The summed E-state index contributed by atoms with van der Waals surface area (Å²) in [7, 11) is 1.27. The molecular formula is C12H13N5O3. The van der Waals surface area contributed by atoms with Crippen LogP contribution in [-0.2, 0) is 11.3 Å². The average Bonchev–Trinajstić information content (AvgIpc) is 2.98. The summed E-state index contributed by atoms with van der Waals surface area (Å²) in [6.07, 6.45) is 4.07. The summed E-state index contributed by atoms with van der Waals surface area (Å²) in [5, 5.41) is 5.08. The molecule has 2 aromatic heterocycles. The van der Waals surface area contributed by atoms with Crippen molar-refractivity contribution in [3.8, 4) is 0 Å². The molecule has 8 heteroatoms. The zero-order chi connectivity index (χ0) is 14.4. The Morgan fingerprint density at radius 3 is 2.90 bits per heavy atom. The van der Waals surface area contributed by atoms with Crippen molar-refractivity contribution in [2.75, 3.05) is 12.4 Å². The molecule has 0 spiro atoms. The fourth-order valence-electron chi connectivity index (χ4n) is 1.46. The molecule has 104 valence electrons. The van der Waals surface area contributed by atoms with Gasteiger partial charge in [-0.1, -0.05) is 0 Å². The molecule has 20 heavy (non-hydrogen) atoms. The topological polar surface area (TPSA) is 109 Å². The van der Waals surface area contributed by atoms with Gasteiger partial charge in [0.1, 0.15) is 0 Å². The van der Waals surface area contributed by atoms with Crippen LogP contribution in [0.3, 0.4) is 0 Å². The average molecular weight is 275 g/mol. The van der Waals surface area contributed by atoms with Crippen LogP contribution in [0.25, 0.3) is 0 Å². The Morgan fingerprint density at radius 1 is 1.35 bits per heavy atom. The van der Waals surface area contributed by atoms with Crippen LogP contribution in [0, 0.1) is 0 Å². The van der Waals surface area contributed by atoms with Crippen LogP contribution in [0.2, 0.25) is 0 Å². The molecule has 0 saturated heterocycles. The van der Waals surface area contributed by atoms with Crippen molar-refractivity contribution in [1.82, 2.24) is 20.3 Å². The van der Waals surface area contributed by atoms with E-state index in [9.17, 15) is 9.59 Å². The smallest absolute Gasteiger partial charge is 0.407 e. The molecule has 0 aliphatic heterocycles. The lowest BCUT2D eigenvalue weighted by Crippen LogP contribution is -2.23. The number of methoxy groups -OCH3 is 1. The van der Waals surface area contributed by atoms with E-state index in [-0.39, 0.29) is 12.5 Å². The van der Waals surface area contributed by atoms with Crippen LogP contribution in [0.1, 0.15) is 16.1 Å². The van der Waals surface area contributed by atoms with E-state index in [1.807, 2.05) is 0 Å². The minimum absolute atomic E-state index is 0.175. The Morgan fingerprint density at radius 2 is 2.20 bits per heavy atom. The Hall–Kier alpha value is -2.90. The Labute approximate surface area is 114 Å². The number of aromatic nitrogens is 3. The number of carbonyl (C=O) groups is 2. The van der Waals surface area contributed by atoms with Gasteiger partial charge in [0.25, 0.3) is 5.91 Å². The molecule has 2 heterocycles. The molecule has 2 amide bonds. The van der Waals surface area contributed by atoms with Crippen molar-refractivity contribution in [2.45, 2.75) is 6.54 Å². The molecule has 3 N–H and O–H groups in total. The first-order chi connectivity index (χ1) is 9.69. The third-order valence-corrected chi connectivity index (χ3v) is 2.41. The first kappa shape index (κ1) is 13.5. The van der Waals surface area contributed by atoms with E-state index in [0.29, 0.717) is 17.2 Å². The van der Waals surface area contributed by atoms with E-state index in [1.165, 1.54) is 19.5 Å². The molecule has 0 saturated carbocycles. The summed E-state index contributed by atoms with van der Waals surface area (Å²) in [5.74, 6) is 0.0442. The molecule has 0 radical (unpaired) electrons. The highest BCUT2D eigenvalue weighted by atomic mass is 16.5. The molecule has 2 aromatic rings. The highest BCUT2D eigenvalue weighted by molar-refractivity contribution is 6.03. The molecule has 8 nitrogen and oxygen atoms in total. The number of alkyl carbamates (subject to hydrolysis) is 1. The Balaban J connectivity index is 2.01. The summed E-state index contributed by atoms with van der Waals surface area (Å²) >= 11 is 0. The Bertz CT molecular complexity index is 597. The van der Waals surface area contributed by atoms with Crippen LogP contribution in [0.4, 0.5) is 10.7 Å². The molecule has 0 aliphatic rings. The van der Waals surface area contributed by atoms with Crippen LogP contribution in [0.5, 0.6) is 0 Å². The van der Waals surface area contributed by atoms with Gasteiger partial charge in [0, 0.05) is 24.2 Å². The number of carbonyl (C=O) groups excluding carboxylic acids is 2. The lowest BCUT2D eigenvalue weighted by atomic mass is 10.2. The van der Waals surface area contributed by atoms with Crippen LogP contribution < -0.4 is 10.6 Å². The van der Waals surface area contributed by atoms with E-state index in [2.05, 4.69) is 30.3 Å². The molecule has 0 unspecified atom stereocenters. The number of hydrogen-bond donors (Lipinski definition) is 3. The number of pyridine rings is 1. The molecular weight excluding hydrogens is 262 g/mol. The molecule has 0 aromatic carbocycles. The number of nitrogens with one attached hydrogen (secondary N) is 3. The molecule has 0 fully saturated rings. The van der Waals surface area contributed by atoms with Crippen LogP contribution >= 0.6 is 0 Å². The van der Waals surface area contributed by atoms with Gasteiger partial charge in [-0.25, -0.2) is 9.78 Å². The number of ether oxygens (including phenoxy) is 1. The molecule has 0 atom stereocenters. The number of aromatic amines is 1. The maximum atomic E-state index is 11.9. The summed E-state index contributed by atoms with van der Waals surface area (Å²) < 4.78 is 4.45. The predicted octanol–water partition coefficient (Wildman–Crippen LogP) is 0.913. The maximum absolute atomic E-state index is 11.9. The second kappa shape index (κ2) is 6.32. The highest BCUT2D eigenvalue weighted by Gasteiger charge is 2.09. The van der Waals surface area contributed by atoms with Crippen molar-refractivity contribution in [2.24, 2.45) is 0 Å².